The summed E-state index contributed by atoms with van der Waals surface area (Å²) in [5.41, 5.74) is 2.97. The van der Waals surface area contributed by atoms with Crippen LogP contribution in [0.15, 0.2) is 17.7 Å². The van der Waals surface area contributed by atoms with Crippen molar-refractivity contribution in [2.24, 2.45) is 0 Å². The molecule has 7 heteroatoms. The summed E-state index contributed by atoms with van der Waals surface area (Å²) in [5, 5.41) is 3.12. The maximum absolute atomic E-state index is 12.4. The highest BCUT2D eigenvalue weighted by Gasteiger charge is 2.35. The van der Waals surface area contributed by atoms with E-state index >= 15 is 0 Å². The molecule has 0 aromatic heterocycles. The van der Waals surface area contributed by atoms with E-state index in [1.54, 1.807) is 6.08 Å². The van der Waals surface area contributed by atoms with Crippen LogP contribution in [0.3, 0.4) is 0 Å². The van der Waals surface area contributed by atoms with Crippen LogP contribution < -0.4 is 10.2 Å². The highest BCUT2D eigenvalue weighted by molar-refractivity contribution is 7.80. The Balaban J connectivity index is 2.08. The quantitative estimate of drug-likeness (QED) is 0.453. The van der Waals surface area contributed by atoms with Crippen molar-refractivity contribution >= 4 is 52.5 Å². The van der Waals surface area contributed by atoms with Crippen LogP contribution >= 0.6 is 23.8 Å². The number of benzene rings is 1. The zero-order chi connectivity index (χ0) is 19.4. The number of hydrogen-bond acceptors (Lipinski definition) is 4. The highest BCUT2D eigenvalue weighted by atomic mass is 35.5. The third-order valence-corrected chi connectivity index (χ3v) is 6.06. The first-order valence-corrected chi connectivity index (χ1v) is 9.24. The van der Waals surface area contributed by atoms with Gasteiger partial charge in [-0.2, -0.15) is 0 Å². The van der Waals surface area contributed by atoms with Gasteiger partial charge >= 0.3 is 0 Å². The first-order chi connectivity index (χ1) is 12.0. The van der Waals surface area contributed by atoms with Gasteiger partial charge in [-0.3, -0.25) is 19.8 Å². The molecular weight excluding hydrogens is 370 g/mol. The molecule has 0 saturated carbocycles. The Labute approximate surface area is 164 Å². The summed E-state index contributed by atoms with van der Waals surface area (Å²) in [6.07, 6.45) is 2.55. The largest absolute Gasteiger partial charge is 0.369 e. The lowest BCUT2D eigenvalue weighted by Crippen LogP contribution is -2.52. The molecule has 1 N–H and O–H groups in total. The Bertz CT molecular complexity index is 863. The van der Waals surface area contributed by atoms with Crippen molar-refractivity contribution in [1.82, 2.24) is 10.2 Å². The van der Waals surface area contributed by atoms with Gasteiger partial charge in [0.1, 0.15) is 5.57 Å². The third kappa shape index (κ3) is 3.01. The van der Waals surface area contributed by atoms with E-state index in [0.29, 0.717) is 16.5 Å². The van der Waals surface area contributed by atoms with Crippen LogP contribution in [0.4, 0.5) is 5.69 Å². The normalized spacial score (nSPS) is 24.0. The summed E-state index contributed by atoms with van der Waals surface area (Å²) in [4.78, 5) is 28.1. The van der Waals surface area contributed by atoms with E-state index in [9.17, 15) is 9.59 Å². The number of likely N-dealkylation sites (N-methyl/N-ethyl adjacent to an activating group) is 1. The van der Waals surface area contributed by atoms with E-state index in [1.807, 2.05) is 12.1 Å². The first kappa shape index (κ1) is 18.9. The van der Waals surface area contributed by atoms with Crippen molar-refractivity contribution in [3.63, 3.8) is 0 Å². The number of rotatable bonds is 1. The number of nitrogens with zero attached hydrogens (tertiary/aromatic N) is 2. The molecule has 1 aromatic carbocycles. The second kappa shape index (κ2) is 6.35. The molecule has 1 atom stereocenters. The van der Waals surface area contributed by atoms with E-state index in [-0.39, 0.29) is 16.2 Å². The number of hydrogen-bond donors (Lipinski definition) is 1. The topological polar surface area (TPSA) is 52.7 Å². The molecule has 138 valence electrons. The highest BCUT2D eigenvalue weighted by Crippen LogP contribution is 2.44. The van der Waals surface area contributed by atoms with Crippen LogP contribution in [0.25, 0.3) is 6.08 Å². The van der Waals surface area contributed by atoms with Crippen molar-refractivity contribution < 1.29 is 9.59 Å². The number of halogens is 1. The molecule has 1 fully saturated rings. The van der Waals surface area contributed by atoms with Crippen LogP contribution in [0.2, 0.25) is 5.02 Å². The van der Waals surface area contributed by atoms with Crippen molar-refractivity contribution in [1.29, 1.82) is 0 Å². The summed E-state index contributed by atoms with van der Waals surface area (Å²) in [7, 11) is 3.60. The first-order valence-electron chi connectivity index (χ1n) is 8.45. The molecule has 2 aliphatic heterocycles. The number of amides is 2. The summed E-state index contributed by atoms with van der Waals surface area (Å²) in [6, 6.07) is 3.90. The SMILES string of the molecule is CC1CC(C)(C)N(C)c2cc(Cl)c(/C=C3/C(=O)NC(=S)N(C)C3=O)cc21. The summed E-state index contributed by atoms with van der Waals surface area (Å²) >= 11 is 11.5. The van der Waals surface area contributed by atoms with Crippen molar-refractivity contribution in [3.8, 4) is 0 Å². The predicted molar refractivity (Wildman–Crippen MR) is 108 cm³/mol. The van der Waals surface area contributed by atoms with Crippen LogP contribution in [0.5, 0.6) is 0 Å². The van der Waals surface area contributed by atoms with E-state index < -0.39 is 11.8 Å². The molecule has 2 aliphatic rings. The molecular formula is C19H22ClN3O2S. The Kier molecular flexibility index (Phi) is 4.61. The molecule has 1 unspecified atom stereocenters. The average Bonchev–Trinajstić information content (AvgIpc) is 2.55. The summed E-state index contributed by atoms with van der Waals surface area (Å²) in [6.45, 7) is 6.60. The molecule has 0 bridgehead atoms. The Morgan fingerprint density at radius 2 is 1.96 bits per heavy atom. The Morgan fingerprint density at radius 3 is 2.62 bits per heavy atom. The monoisotopic (exact) mass is 391 g/mol. The number of nitrogens with one attached hydrogen (secondary N) is 1. The van der Waals surface area contributed by atoms with E-state index in [4.69, 9.17) is 23.8 Å². The van der Waals surface area contributed by atoms with Crippen LogP contribution in [-0.4, -0.2) is 41.5 Å². The van der Waals surface area contributed by atoms with Crippen molar-refractivity contribution in [2.45, 2.75) is 38.6 Å². The number of fused-ring (bicyclic) bond motifs is 1. The van der Waals surface area contributed by atoms with Crippen LogP contribution in [0.1, 0.15) is 44.2 Å². The Morgan fingerprint density at radius 1 is 1.31 bits per heavy atom. The molecule has 1 aromatic rings. The molecule has 0 spiro atoms. The average molecular weight is 392 g/mol. The van der Waals surface area contributed by atoms with E-state index in [0.717, 1.165) is 17.7 Å². The second-order valence-corrected chi connectivity index (χ2v) is 8.38. The molecule has 5 nitrogen and oxygen atoms in total. The van der Waals surface area contributed by atoms with Gasteiger partial charge in [0.15, 0.2) is 5.11 Å². The molecule has 0 radical (unpaired) electrons. The van der Waals surface area contributed by atoms with Gasteiger partial charge < -0.3 is 4.90 Å². The maximum atomic E-state index is 12.4. The van der Waals surface area contributed by atoms with Gasteiger partial charge in [0.2, 0.25) is 0 Å². The molecule has 2 amide bonds. The molecule has 26 heavy (non-hydrogen) atoms. The molecule has 1 saturated heterocycles. The lowest BCUT2D eigenvalue weighted by Gasteiger charge is -2.45. The molecule has 2 heterocycles. The predicted octanol–water partition coefficient (Wildman–Crippen LogP) is 3.32. The number of carbonyl (C=O) groups is 2. The van der Waals surface area contributed by atoms with Gasteiger partial charge in [0, 0.05) is 30.3 Å². The summed E-state index contributed by atoms with van der Waals surface area (Å²) < 4.78 is 0. The van der Waals surface area contributed by atoms with Crippen LogP contribution in [-0.2, 0) is 9.59 Å². The number of thiocarbonyl (C=S) groups is 1. The molecule has 0 aliphatic carbocycles. The second-order valence-electron chi connectivity index (χ2n) is 7.59. The summed E-state index contributed by atoms with van der Waals surface area (Å²) in [5.74, 6) is -0.589. The van der Waals surface area contributed by atoms with E-state index in [1.165, 1.54) is 11.9 Å². The number of anilines is 1. The van der Waals surface area contributed by atoms with Gasteiger partial charge in [-0.15, -0.1) is 0 Å². The standard InChI is InChI=1S/C19H22ClN3O2S/c1-10-9-19(2,3)23(5)15-8-14(20)11(6-12(10)15)7-13-16(24)21-18(26)22(4)17(13)25/h6-8,10H,9H2,1-5H3,(H,21,24,26)/b13-7-. The minimum Gasteiger partial charge on any atom is -0.369 e. The smallest absolute Gasteiger partial charge is 0.265 e. The molecule has 3 rings (SSSR count). The lowest BCUT2D eigenvalue weighted by molar-refractivity contribution is -0.128. The zero-order valence-electron chi connectivity index (χ0n) is 15.5. The fourth-order valence-electron chi connectivity index (χ4n) is 3.62. The van der Waals surface area contributed by atoms with Gasteiger partial charge in [-0.05, 0) is 67.7 Å². The fraction of sp³-hybridized carbons (Fsp3) is 0.421. The van der Waals surface area contributed by atoms with Gasteiger partial charge in [-0.1, -0.05) is 18.5 Å². The van der Waals surface area contributed by atoms with Crippen molar-refractivity contribution in [3.05, 3.63) is 33.9 Å². The third-order valence-electron chi connectivity index (χ3n) is 5.36. The fourth-order valence-corrected chi connectivity index (χ4v) is 4.00. The van der Waals surface area contributed by atoms with Crippen molar-refractivity contribution in [2.75, 3.05) is 19.0 Å². The zero-order valence-corrected chi connectivity index (χ0v) is 17.1. The minimum absolute atomic E-state index is 0.0279. The Hall–Kier alpha value is -1.92. The van der Waals surface area contributed by atoms with Gasteiger partial charge in [0.05, 0.1) is 0 Å². The minimum atomic E-state index is -0.502. The lowest BCUT2D eigenvalue weighted by atomic mass is 9.80. The van der Waals surface area contributed by atoms with Gasteiger partial charge in [-0.25, -0.2) is 0 Å². The van der Waals surface area contributed by atoms with E-state index in [2.05, 4.69) is 38.0 Å². The van der Waals surface area contributed by atoms with Gasteiger partial charge in [0.25, 0.3) is 11.8 Å². The maximum Gasteiger partial charge on any atom is 0.265 e. The number of carbonyl (C=O) groups excluding carboxylic acids is 2. The van der Waals surface area contributed by atoms with Crippen LogP contribution in [0, 0.1) is 0 Å².